The minimum Gasteiger partial charge on any atom is -0.381 e. The molecule has 3 aromatic rings. The van der Waals surface area contributed by atoms with Gasteiger partial charge in [0, 0.05) is 11.7 Å². The molecule has 1 amide bonds. The summed E-state index contributed by atoms with van der Waals surface area (Å²) in [6.45, 7) is 0.507. The van der Waals surface area contributed by atoms with Gasteiger partial charge in [0.15, 0.2) is 0 Å². The molecule has 4 nitrogen and oxygen atoms in total. The van der Waals surface area contributed by atoms with Gasteiger partial charge in [-0.1, -0.05) is 48.5 Å². The van der Waals surface area contributed by atoms with Crippen molar-refractivity contribution in [2.45, 2.75) is 25.4 Å². The van der Waals surface area contributed by atoms with Crippen LogP contribution in [0.5, 0.6) is 0 Å². The first-order valence-electron chi connectivity index (χ1n) is 8.93. The molecule has 0 saturated heterocycles. The fourth-order valence-electron chi connectivity index (χ4n) is 2.86. The summed E-state index contributed by atoms with van der Waals surface area (Å²) < 4.78 is 0. The number of pyridine rings is 1. The van der Waals surface area contributed by atoms with Gasteiger partial charge in [0.1, 0.15) is 5.69 Å². The predicted molar refractivity (Wildman–Crippen MR) is 104 cm³/mol. The van der Waals surface area contributed by atoms with Crippen LogP contribution in [0.15, 0.2) is 79.0 Å². The topological polar surface area (TPSA) is 45.2 Å². The summed E-state index contributed by atoms with van der Waals surface area (Å²) in [5.74, 6) is -0.0991. The molecular formula is C22H21N3O. The van der Waals surface area contributed by atoms with Crippen LogP contribution in [-0.4, -0.2) is 16.9 Å². The normalized spacial score (nSPS) is 13.2. The number of carbonyl (C=O) groups excluding carboxylic acids is 1. The van der Waals surface area contributed by atoms with Crippen LogP contribution in [0.1, 0.15) is 28.9 Å². The molecule has 0 unspecified atom stereocenters. The van der Waals surface area contributed by atoms with Crippen molar-refractivity contribution in [2.75, 3.05) is 10.2 Å². The number of aromatic nitrogens is 1. The second-order valence-corrected chi connectivity index (χ2v) is 6.56. The van der Waals surface area contributed by atoms with Gasteiger partial charge < -0.3 is 10.2 Å². The first-order valence-corrected chi connectivity index (χ1v) is 8.93. The zero-order chi connectivity index (χ0) is 17.8. The number of amides is 1. The Bertz CT molecular complexity index is 859. The third-order valence-corrected chi connectivity index (χ3v) is 4.43. The first kappa shape index (κ1) is 16.3. The van der Waals surface area contributed by atoms with Crippen molar-refractivity contribution in [3.63, 3.8) is 0 Å². The molecule has 1 N–H and O–H groups in total. The zero-order valence-electron chi connectivity index (χ0n) is 14.5. The number of hydrogen-bond acceptors (Lipinski definition) is 3. The highest BCUT2D eigenvalue weighted by atomic mass is 16.2. The molecule has 1 aliphatic carbocycles. The van der Waals surface area contributed by atoms with Gasteiger partial charge in [-0.3, -0.25) is 4.79 Å². The van der Waals surface area contributed by atoms with E-state index < -0.39 is 0 Å². The minimum absolute atomic E-state index is 0.0991. The van der Waals surface area contributed by atoms with Gasteiger partial charge in [-0.2, -0.15) is 0 Å². The Hall–Kier alpha value is -3.14. The SMILES string of the molecule is O=C(c1ccc(NC2CC2)cn1)N(Cc1ccccc1)c1ccccc1. The predicted octanol–water partition coefficient (Wildman–Crippen LogP) is 4.50. The molecule has 0 radical (unpaired) electrons. The number of benzene rings is 2. The van der Waals surface area contributed by atoms with Gasteiger partial charge in [0.25, 0.3) is 5.91 Å². The van der Waals surface area contributed by atoms with Crippen molar-refractivity contribution >= 4 is 17.3 Å². The Morgan fingerprint density at radius 3 is 2.27 bits per heavy atom. The number of nitrogens with zero attached hydrogens (tertiary/aromatic N) is 2. The third-order valence-electron chi connectivity index (χ3n) is 4.43. The fraction of sp³-hybridized carbons (Fsp3) is 0.182. The van der Waals surface area contributed by atoms with E-state index in [-0.39, 0.29) is 5.91 Å². The van der Waals surface area contributed by atoms with Crippen molar-refractivity contribution in [3.05, 3.63) is 90.3 Å². The van der Waals surface area contributed by atoms with E-state index >= 15 is 0 Å². The van der Waals surface area contributed by atoms with Gasteiger partial charge in [0.2, 0.25) is 0 Å². The largest absolute Gasteiger partial charge is 0.381 e. The van der Waals surface area contributed by atoms with E-state index in [0.29, 0.717) is 18.3 Å². The summed E-state index contributed by atoms with van der Waals surface area (Å²) >= 11 is 0. The molecule has 2 aromatic carbocycles. The van der Waals surface area contributed by atoms with E-state index in [1.54, 1.807) is 17.2 Å². The van der Waals surface area contributed by atoms with E-state index in [9.17, 15) is 4.79 Å². The lowest BCUT2D eigenvalue weighted by molar-refractivity contribution is 0.0980. The molecule has 1 aliphatic rings. The van der Waals surface area contributed by atoms with Crippen LogP contribution >= 0.6 is 0 Å². The number of para-hydroxylation sites is 1. The van der Waals surface area contributed by atoms with Crippen LogP contribution in [-0.2, 0) is 6.54 Å². The molecule has 130 valence electrons. The number of anilines is 2. The van der Waals surface area contributed by atoms with Crippen LogP contribution in [0.4, 0.5) is 11.4 Å². The Balaban J connectivity index is 1.58. The van der Waals surface area contributed by atoms with Crippen LogP contribution in [0.25, 0.3) is 0 Å². The standard InChI is InChI=1S/C22H21N3O/c26-22(21-14-13-19(15-23-21)24-18-11-12-18)25(20-9-5-2-6-10-20)16-17-7-3-1-4-8-17/h1-10,13-15,18,24H,11-12,16H2. The van der Waals surface area contributed by atoms with E-state index in [2.05, 4.69) is 10.3 Å². The highest BCUT2D eigenvalue weighted by molar-refractivity contribution is 6.04. The summed E-state index contributed by atoms with van der Waals surface area (Å²) in [6.07, 6.45) is 4.16. The molecular weight excluding hydrogens is 322 g/mol. The van der Waals surface area contributed by atoms with E-state index in [1.807, 2.05) is 66.7 Å². The Labute approximate surface area is 153 Å². The number of carbonyl (C=O) groups is 1. The fourth-order valence-corrected chi connectivity index (χ4v) is 2.86. The molecule has 1 saturated carbocycles. The Kier molecular flexibility index (Phi) is 4.65. The maximum absolute atomic E-state index is 13.1. The average Bonchev–Trinajstić information content (AvgIpc) is 3.52. The molecule has 0 aliphatic heterocycles. The molecule has 0 bridgehead atoms. The van der Waals surface area contributed by atoms with E-state index in [1.165, 1.54) is 12.8 Å². The maximum atomic E-state index is 13.1. The lowest BCUT2D eigenvalue weighted by atomic mass is 10.1. The van der Waals surface area contributed by atoms with E-state index in [4.69, 9.17) is 0 Å². The van der Waals surface area contributed by atoms with Crippen molar-refractivity contribution in [1.29, 1.82) is 0 Å². The highest BCUT2D eigenvalue weighted by Crippen LogP contribution is 2.25. The van der Waals surface area contributed by atoms with Crippen LogP contribution in [0.3, 0.4) is 0 Å². The molecule has 0 atom stereocenters. The third kappa shape index (κ3) is 3.91. The van der Waals surface area contributed by atoms with Gasteiger partial charge in [-0.15, -0.1) is 0 Å². The first-order chi connectivity index (χ1) is 12.8. The van der Waals surface area contributed by atoms with Gasteiger partial charge >= 0.3 is 0 Å². The monoisotopic (exact) mass is 343 g/mol. The smallest absolute Gasteiger partial charge is 0.277 e. The number of rotatable bonds is 6. The zero-order valence-corrected chi connectivity index (χ0v) is 14.5. The number of nitrogens with one attached hydrogen (secondary N) is 1. The summed E-state index contributed by atoms with van der Waals surface area (Å²) in [6, 6.07) is 24.0. The minimum atomic E-state index is -0.0991. The molecule has 1 heterocycles. The van der Waals surface area contributed by atoms with Crippen LogP contribution in [0, 0.1) is 0 Å². The molecule has 0 spiro atoms. The second-order valence-electron chi connectivity index (χ2n) is 6.56. The van der Waals surface area contributed by atoms with Crippen molar-refractivity contribution in [2.24, 2.45) is 0 Å². The summed E-state index contributed by atoms with van der Waals surface area (Å²) in [5, 5.41) is 3.40. The van der Waals surface area contributed by atoms with Crippen LogP contribution < -0.4 is 10.2 Å². The van der Waals surface area contributed by atoms with Crippen molar-refractivity contribution in [3.8, 4) is 0 Å². The van der Waals surface area contributed by atoms with E-state index in [0.717, 1.165) is 16.9 Å². The molecule has 1 fully saturated rings. The van der Waals surface area contributed by atoms with Crippen molar-refractivity contribution in [1.82, 2.24) is 4.98 Å². The highest BCUT2D eigenvalue weighted by Gasteiger charge is 2.22. The average molecular weight is 343 g/mol. The lowest BCUT2D eigenvalue weighted by Gasteiger charge is -2.23. The summed E-state index contributed by atoms with van der Waals surface area (Å²) in [7, 11) is 0. The quantitative estimate of drug-likeness (QED) is 0.716. The van der Waals surface area contributed by atoms with Crippen LogP contribution in [0.2, 0.25) is 0 Å². The molecule has 4 rings (SSSR count). The Morgan fingerprint density at radius 1 is 0.962 bits per heavy atom. The molecule has 1 aromatic heterocycles. The van der Waals surface area contributed by atoms with Gasteiger partial charge in [-0.25, -0.2) is 4.98 Å². The lowest BCUT2D eigenvalue weighted by Crippen LogP contribution is -2.31. The van der Waals surface area contributed by atoms with Gasteiger partial charge in [-0.05, 0) is 42.7 Å². The van der Waals surface area contributed by atoms with Gasteiger partial charge in [0.05, 0.1) is 18.4 Å². The molecule has 4 heteroatoms. The maximum Gasteiger partial charge on any atom is 0.277 e. The Morgan fingerprint density at radius 2 is 1.65 bits per heavy atom. The number of hydrogen-bond donors (Lipinski definition) is 1. The van der Waals surface area contributed by atoms with Crippen molar-refractivity contribution < 1.29 is 4.79 Å². The summed E-state index contributed by atoms with van der Waals surface area (Å²) in [4.78, 5) is 19.3. The second kappa shape index (κ2) is 7.40. The summed E-state index contributed by atoms with van der Waals surface area (Å²) in [5.41, 5.74) is 3.37. The molecule has 26 heavy (non-hydrogen) atoms.